The van der Waals surface area contributed by atoms with Gasteiger partial charge in [0.15, 0.2) is 0 Å². The first-order valence-electron chi connectivity index (χ1n) is 12.8. The number of carbonyl (C=O) groups excluding carboxylic acids is 1. The van der Waals surface area contributed by atoms with E-state index in [1.54, 1.807) is 23.4 Å². The van der Waals surface area contributed by atoms with Crippen molar-refractivity contribution in [1.29, 1.82) is 5.26 Å². The fraction of sp³-hybridized carbons (Fsp3) is 0.429. The third kappa shape index (κ3) is 4.98. The molecule has 37 heavy (non-hydrogen) atoms. The Hall–Kier alpha value is -2.93. The van der Waals surface area contributed by atoms with Gasteiger partial charge in [-0.2, -0.15) is 5.26 Å². The van der Waals surface area contributed by atoms with Gasteiger partial charge in [-0.3, -0.25) is 24.0 Å². The molecule has 5 rings (SSSR count). The van der Waals surface area contributed by atoms with Gasteiger partial charge in [0.25, 0.3) is 11.5 Å². The number of amides is 1. The van der Waals surface area contributed by atoms with Crippen molar-refractivity contribution in [3.8, 4) is 6.07 Å². The van der Waals surface area contributed by atoms with Gasteiger partial charge < -0.3 is 4.90 Å². The number of nitriles is 1. The molecule has 0 atom stereocenters. The van der Waals surface area contributed by atoms with Gasteiger partial charge in [0, 0.05) is 51.4 Å². The van der Waals surface area contributed by atoms with E-state index in [1.807, 2.05) is 12.1 Å². The Morgan fingerprint density at radius 3 is 2.43 bits per heavy atom. The number of carbonyl (C=O) groups is 1. The van der Waals surface area contributed by atoms with Gasteiger partial charge in [-0.15, -0.1) is 0 Å². The number of hydrogen-bond donors (Lipinski definition) is 0. The zero-order chi connectivity index (χ0) is 26.1. The predicted octanol–water partition coefficient (Wildman–Crippen LogP) is 4.03. The first-order valence-corrected chi connectivity index (χ1v) is 14.0. The minimum absolute atomic E-state index is 0.0627. The fourth-order valence-corrected chi connectivity index (χ4v) is 7.02. The average Bonchev–Trinajstić information content (AvgIpc) is 3.52. The van der Waals surface area contributed by atoms with Gasteiger partial charge in [0.05, 0.1) is 4.91 Å². The van der Waals surface area contributed by atoms with E-state index in [0.717, 1.165) is 69.8 Å². The largest absolute Gasteiger partial charge is 0.355 e. The van der Waals surface area contributed by atoms with Crippen LogP contribution in [-0.2, 0) is 18.4 Å². The average molecular weight is 534 g/mol. The second-order valence-electron chi connectivity index (χ2n) is 9.95. The highest BCUT2D eigenvalue weighted by Gasteiger charge is 2.38. The molecule has 192 valence electrons. The molecule has 1 aromatic carbocycles. The van der Waals surface area contributed by atoms with E-state index in [4.69, 9.17) is 12.2 Å². The SMILES string of the molecule is Cc1c(/C=C2\SC(=S)N(C3CCCC3)C2=O)c(N2CCN(Cc3ccccc3)CC2)n(C)c(=O)c1C#N. The second-order valence-corrected chi connectivity index (χ2v) is 11.6. The number of piperazine rings is 1. The molecule has 9 heteroatoms. The van der Waals surface area contributed by atoms with Gasteiger partial charge in [-0.25, -0.2) is 0 Å². The maximum absolute atomic E-state index is 13.4. The molecule has 0 spiro atoms. The summed E-state index contributed by atoms with van der Waals surface area (Å²) in [7, 11) is 1.72. The van der Waals surface area contributed by atoms with E-state index in [-0.39, 0.29) is 23.1 Å². The van der Waals surface area contributed by atoms with Crippen LogP contribution < -0.4 is 10.5 Å². The molecule has 3 fully saturated rings. The highest BCUT2D eigenvalue weighted by atomic mass is 32.2. The van der Waals surface area contributed by atoms with Crippen LogP contribution in [0.5, 0.6) is 0 Å². The van der Waals surface area contributed by atoms with Crippen molar-refractivity contribution >= 4 is 46.1 Å². The summed E-state index contributed by atoms with van der Waals surface area (Å²) in [6.45, 7) is 5.89. The van der Waals surface area contributed by atoms with Crippen LogP contribution >= 0.6 is 24.0 Å². The topological polar surface area (TPSA) is 72.6 Å². The lowest BCUT2D eigenvalue weighted by atomic mass is 10.0. The van der Waals surface area contributed by atoms with Crippen LogP contribution in [0.15, 0.2) is 40.0 Å². The van der Waals surface area contributed by atoms with Crippen molar-refractivity contribution in [2.45, 2.75) is 45.2 Å². The summed E-state index contributed by atoms with van der Waals surface area (Å²) in [5.41, 5.74) is 2.45. The second kappa shape index (κ2) is 10.8. The Morgan fingerprint density at radius 2 is 1.78 bits per heavy atom. The van der Waals surface area contributed by atoms with Crippen molar-refractivity contribution in [2.24, 2.45) is 7.05 Å². The van der Waals surface area contributed by atoms with Gasteiger partial charge in [0.2, 0.25) is 0 Å². The molecule has 3 heterocycles. The third-order valence-corrected chi connectivity index (χ3v) is 9.01. The van der Waals surface area contributed by atoms with E-state index >= 15 is 0 Å². The number of aromatic nitrogens is 1. The summed E-state index contributed by atoms with van der Waals surface area (Å²) < 4.78 is 2.17. The Morgan fingerprint density at radius 1 is 1.11 bits per heavy atom. The molecule has 0 N–H and O–H groups in total. The summed E-state index contributed by atoms with van der Waals surface area (Å²) in [5.74, 6) is 0.694. The maximum Gasteiger partial charge on any atom is 0.270 e. The first-order chi connectivity index (χ1) is 17.9. The van der Waals surface area contributed by atoms with E-state index < -0.39 is 0 Å². The van der Waals surface area contributed by atoms with Crippen molar-refractivity contribution in [1.82, 2.24) is 14.4 Å². The summed E-state index contributed by atoms with van der Waals surface area (Å²) >= 11 is 6.93. The smallest absolute Gasteiger partial charge is 0.270 e. The lowest BCUT2D eigenvalue weighted by Crippen LogP contribution is -2.48. The predicted molar refractivity (Wildman–Crippen MR) is 152 cm³/mol. The van der Waals surface area contributed by atoms with Crippen LogP contribution in [0, 0.1) is 18.3 Å². The van der Waals surface area contributed by atoms with Crippen molar-refractivity contribution in [3.05, 3.63) is 67.8 Å². The molecule has 1 amide bonds. The molecule has 0 unspecified atom stereocenters. The van der Waals surface area contributed by atoms with E-state index in [9.17, 15) is 14.9 Å². The normalized spacial score (nSPS) is 20.3. The van der Waals surface area contributed by atoms with Crippen molar-refractivity contribution in [3.63, 3.8) is 0 Å². The standard InChI is InChI=1S/C28H31N5O2S2/c1-19-22(16-24-27(35)33(28(36)37-24)21-10-6-7-11-21)25(30(2)26(34)23(19)17-29)32-14-12-31(13-15-32)18-20-8-4-3-5-9-20/h3-5,8-9,16,21H,6-7,10-15,18H2,1-2H3/b24-16-. The molecule has 7 nitrogen and oxygen atoms in total. The summed E-state index contributed by atoms with van der Waals surface area (Å²) in [6, 6.07) is 12.7. The lowest BCUT2D eigenvalue weighted by Gasteiger charge is -2.37. The lowest BCUT2D eigenvalue weighted by molar-refractivity contribution is -0.123. The quantitative estimate of drug-likeness (QED) is 0.424. The van der Waals surface area contributed by atoms with Gasteiger partial charge in [-0.05, 0) is 37.0 Å². The Labute approximate surface area is 227 Å². The Balaban J connectivity index is 1.47. The first kappa shape index (κ1) is 25.7. The number of pyridine rings is 1. The molecule has 2 aromatic rings. The third-order valence-electron chi connectivity index (χ3n) is 7.68. The van der Waals surface area contributed by atoms with Crippen LogP contribution in [0.25, 0.3) is 6.08 Å². The molecule has 3 aliphatic rings. The number of rotatable bonds is 5. The number of benzene rings is 1. The molecule has 2 aliphatic heterocycles. The Kier molecular flexibility index (Phi) is 7.52. The van der Waals surface area contributed by atoms with Crippen LogP contribution in [0.1, 0.15) is 47.9 Å². The summed E-state index contributed by atoms with van der Waals surface area (Å²) in [6.07, 6.45) is 6.06. The van der Waals surface area contributed by atoms with Crippen molar-refractivity contribution in [2.75, 3.05) is 31.1 Å². The Bertz CT molecular complexity index is 1350. The molecule has 1 saturated carbocycles. The molecule has 0 radical (unpaired) electrons. The molecule has 1 aromatic heterocycles. The van der Waals surface area contributed by atoms with Crippen LogP contribution in [0.3, 0.4) is 0 Å². The minimum Gasteiger partial charge on any atom is -0.355 e. The fourth-order valence-electron chi connectivity index (χ4n) is 5.64. The number of thiocarbonyl (C=S) groups is 1. The highest BCUT2D eigenvalue weighted by molar-refractivity contribution is 8.26. The summed E-state index contributed by atoms with van der Waals surface area (Å²) in [5, 5.41) is 9.76. The van der Waals surface area contributed by atoms with Gasteiger partial charge in [-0.1, -0.05) is 67.2 Å². The summed E-state index contributed by atoms with van der Waals surface area (Å²) in [4.78, 5) is 33.5. The zero-order valence-electron chi connectivity index (χ0n) is 21.3. The zero-order valence-corrected chi connectivity index (χ0v) is 22.9. The van der Waals surface area contributed by atoms with E-state index in [2.05, 4.69) is 40.1 Å². The van der Waals surface area contributed by atoms with E-state index in [0.29, 0.717) is 14.8 Å². The van der Waals surface area contributed by atoms with Crippen LogP contribution in [0.2, 0.25) is 0 Å². The molecular weight excluding hydrogens is 502 g/mol. The van der Waals surface area contributed by atoms with Crippen molar-refractivity contribution < 1.29 is 4.79 Å². The number of nitrogens with zero attached hydrogens (tertiary/aromatic N) is 5. The molecule has 0 bridgehead atoms. The molecule has 2 saturated heterocycles. The maximum atomic E-state index is 13.4. The van der Waals surface area contributed by atoms with E-state index in [1.165, 1.54) is 17.3 Å². The van der Waals surface area contributed by atoms with Crippen LogP contribution in [0.4, 0.5) is 5.82 Å². The number of anilines is 1. The van der Waals surface area contributed by atoms with Crippen LogP contribution in [-0.4, -0.2) is 56.8 Å². The minimum atomic E-state index is -0.308. The van der Waals surface area contributed by atoms with Gasteiger partial charge in [0.1, 0.15) is 21.8 Å². The van der Waals surface area contributed by atoms with Gasteiger partial charge >= 0.3 is 0 Å². The highest BCUT2D eigenvalue weighted by Crippen LogP contribution is 2.39. The number of hydrogen-bond acceptors (Lipinski definition) is 7. The molecule has 1 aliphatic carbocycles. The molecular formula is C28H31N5O2S2. The monoisotopic (exact) mass is 533 g/mol. The number of thioether (sulfide) groups is 1.